The van der Waals surface area contributed by atoms with E-state index in [4.69, 9.17) is 0 Å². The molecule has 1 aliphatic carbocycles. The van der Waals surface area contributed by atoms with E-state index in [1.54, 1.807) is 0 Å². The fourth-order valence-corrected chi connectivity index (χ4v) is 3.09. The number of carbonyl (C=O) groups is 1. The van der Waals surface area contributed by atoms with Gasteiger partial charge in [0.25, 0.3) is 0 Å². The molecule has 2 aliphatic rings. The lowest BCUT2D eigenvalue weighted by Gasteiger charge is -2.32. The summed E-state index contributed by atoms with van der Waals surface area (Å²) >= 11 is 0. The molecule has 0 bridgehead atoms. The van der Waals surface area contributed by atoms with E-state index in [-0.39, 0.29) is 5.91 Å². The smallest absolute Gasteiger partial charge is 0.220 e. The molecule has 2 fully saturated rings. The Morgan fingerprint density at radius 3 is 2.42 bits per heavy atom. The molecule has 0 aromatic carbocycles. The Morgan fingerprint density at radius 1 is 1.08 bits per heavy atom. The maximum Gasteiger partial charge on any atom is 0.220 e. The van der Waals surface area contributed by atoms with E-state index in [0.717, 1.165) is 31.8 Å². The predicted octanol–water partition coefficient (Wildman–Crippen LogP) is 1.47. The van der Waals surface area contributed by atoms with Crippen molar-refractivity contribution in [1.82, 2.24) is 20.9 Å². The third kappa shape index (κ3) is 7.51. The number of nitrogens with one attached hydrogen (secondary N) is 3. The topological polar surface area (TPSA) is 68.8 Å². The first kappa shape index (κ1) is 19.0. The van der Waals surface area contributed by atoms with Gasteiger partial charge in [0.1, 0.15) is 0 Å². The van der Waals surface area contributed by atoms with Crippen LogP contribution in [0.5, 0.6) is 0 Å². The number of likely N-dealkylation sites (tertiary alicyclic amines) is 1. The van der Waals surface area contributed by atoms with Crippen molar-refractivity contribution in [3.8, 4) is 0 Å². The number of hydrogen-bond donors (Lipinski definition) is 3. The van der Waals surface area contributed by atoms with Crippen molar-refractivity contribution >= 4 is 11.9 Å². The highest BCUT2D eigenvalue weighted by molar-refractivity contribution is 5.80. The lowest BCUT2D eigenvalue weighted by molar-refractivity contribution is -0.121. The molecular formula is C18H35N5O. The first-order valence-corrected chi connectivity index (χ1v) is 9.77. The van der Waals surface area contributed by atoms with Crippen molar-refractivity contribution in [2.24, 2.45) is 4.99 Å². The fraction of sp³-hybridized carbons (Fsp3) is 0.889. The zero-order valence-electron chi connectivity index (χ0n) is 15.4. The van der Waals surface area contributed by atoms with E-state index in [2.05, 4.69) is 39.7 Å². The summed E-state index contributed by atoms with van der Waals surface area (Å²) in [4.78, 5) is 18.8. The van der Waals surface area contributed by atoms with Crippen LogP contribution >= 0.6 is 0 Å². The molecule has 24 heavy (non-hydrogen) atoms. The van der Waals surface area contributed by atoms with E-state index >= 15 is 0 Å². The number of hydrogen-bond acceptors (Lipinski definition) is 3. The Labute approximate surface area is 146 Å². The molecule has 138 valence electrons. The van der Waals surface area contributed by atoms with Gasteiger partial charge >= 0.3 is 0 Å². The average molecular weight is 338 g/mol. The summed E-state index contributed by atoms with van der Waals surface area (Å²) in [5.74, 6) is 1.07. The van der Waals surface area contributed by atoms with Crippen molar-refractivity contribution in [2.45, 2.75) is 70.9 Å². The van der Waals surface area contributed by atoms with Gasteiger partial charge in [-0.15, -0.1) is 0 Å². The maximum atomic E-state index is 11.7. The quantitative estimate of drug-likeness (QED) is 0.339. The van der Waals surface area contributed by atoms with Gasteiger partial charge in [0.2, 0.25) is 5.91 Å². The largest absolute Gasteiger partial charge is 0.357 e. The number of guanidine groups is 1. The molecule has 1 heterocycles. The fourth-order valence-electron chi connectivity index (χ4n) is 3.09. The van der Waals surface area contributed by atoms with Crippen LogP contribution in [0.3, 0.4) is 0 Å². The van der Waals surface area contributed by atoms with Gasteiger partial charge in [0, 0.05) is 44.7 Å². The van der Waals surface area contributed by atoms with Crippen LogP contribution in [0.15, 0.2) is 4.99 Å². The molecule has 0 aromatic rings. The summed E-state index contributed by atoms with van der Waals surface area (Å²) in [7, 11) is 0. The van der Waals surface area contributed by atoms with Crippen LogP contribution in [0.2, 0.25) is 0 Å². The van der Waals surface area contributed by atoms with Gasteiger partial charge in [-0.25, -0.2) is 0 Å². The second-order valence-corrected chi connectivity index (χ2v) is 6.97. The number of amides is 1. The number of carbonyl (C=O) groups excluding carboxylic acids is 1. The van der Waals surface area contributed by atoms with Gasteiger partial charge in [-0.05, 0) is 52.0 Å². The zero-order valence-corrected chi connectivity index (χ0v) is 15.4. The van der Waals surface area contributed by atoms with Crippen LogP contribution in [-0.2, 0) is 4.79 Å². The number of rotatable bonds is 9. The molecule has 6 heteroatoms. The summed E-state index contributed by atoms with van der Waals surface area (Å²) in [6.07, 6.45) is 7.27. The summed E-state index contributed by atoms with van der Waals surface area (Å²) in [6, 6.07) is 0.965. The Hall–Kier alpha value is -1.30. The van der Waals surface area contributed by atoms with Gasteiger partial charge in [0.15, 0.2) is 5.96 Å². The molecule has 0 radical (unpaired) electrons. The third-order valence-corrected chi connectivity index (χ3v) is 4.59. The van der Waals surface area contributed by atoms with E-state index in [9.17, 15) is 4.79 Å². The van der Waals surface area contributed by atoms with Crippen molar-refractivity contribution in [3.05, 3.63) is 0 Å². The van der Waals surface area contributed by atoms with Gasteiger partial charge in [-0.1, -0.05) is 6.92 Å². The van der Waals surface area contributed by atoms with Gasteiger partial charge in [0.05, 0.1) is 0 Å². The van der Waals surface area contributed by atoms with Crippen LogP contribution < -0.4 is 16.0 Å². The van der Waals surface area contributed by atoms with Gasteiger partial charge in [-0.3, -0.25) is 9.79 Å². The van der Waals surface area contributed by atoms with Crippen LogP contribution in [0.25, 0.3) is 0 Å². The minimum atomic E-state index is 0.175. The Bertz CT molecular complexity index is 400. The molecule has 0 aromatic heterocycles. The van der Waals surface area contributed by atoms with Gasteiger partial charge in [-0.2, -0.15) is 0 Å². The van der Waals surface area contributed by atoms with Crippen molar-refractivity contribution < 1.29 is 4.79 Å². The standard InChI is InChI=1S/C18H35N5O/c1-3-12-23-13-9-16(10-14-23)22-18(19-4-2)20-11-5-6-17(24)21-15-7-8-15/h15-16H,3-14H2,1-2H3,(H,21,24)(H2,19,20,22). The highest BCUT2D eigenvalue weighted by Gasteiger charge is 2.22. The summed E-state index contributed by atoms with van der Waals surface area (Å²) < 4.78 is 0. The molecule has 1 saturated carbocycles. The lowest BCUT2D eigenvalue weighted by Crippen LogP contribution is -2.48. The Balaban J connectivity index is 1.65. The zero-order chi connectivity index (χ0) is 17.2. The highest BCUT2D eigenvalue weighted by atomic mass is 16.1. The Kier molecular flexibility index (Phi) is 8.36. The SMILES string of the molecule is CCCN1CCC(NC(=NCCCC(=O)NC2CC2)NCC)CC1. The molecule has 1 aliphatic heterocycles. The second-order valence-electron chi connectivity index (χ2n) is 6.97. The lowest BCUT2D eigenvalue weighted by atomic mass is 10.1. The third-order valence-electron chi connectivity index (χ3n) is 4.59. The van der Waals surface area contributed by atoms with Crippen LogP contribution in [-0.4, -0.2) is 61.6 Å². The van der Waals surface area contributed by atoms with E-state index in [1.165, 1.54) is 38.9 Å². The number of nitrogens with zero attached hydrogens (tertiary/aromatic N) is 2. The summed E-state index contributed by atoms with van der Waals surface area (Å²) in [5.41, 5.74) is 0. The monoisotopic (exact) mass is 337 g/mol. The van der Waals surface area contributed by atoms with E-state index in [0.29, 0.717) is 25.0 Å². The number of aliphatic imine (C=N–C) groups is 1. The maximum absolute atomic E-state index is 11.7. The van der Waals surface area contributed by atoms with E-state index < -0.39 is 0 Å². The van der Waals surface area contributed by atoms with E-state index in [1.807, 2.05) is 0 Å². The first-order valence-electron chi connectivity index (χ1n) is 9.77. The van der Waals surface area contributed by atoms with Crippen LogP contribution in [0.1, 0.15) is 58.8 Å². The minimum Gasteiger partial charge on any atom is -0.357 e. The minimum absolute atomic E-state index is 0.175. The number of piperidine rings is 1. The molecule has 0 atom stereocenters. The molecule has 1 saturated heterocycles. The van der Waals surface area contributed by atoms with Crippen molar-refractivity contribution in [1.29, 1.82) is 0 Å². The molecule has 3 N–H and O–H groups in total. The molecule has 0 spiro atoms. The summed E-state index contributed by atoms with van der Waals surface area (Å²) in [5, 5.41) is 9.91. The second kappa shape index (κ2) is 10.5. The van der Waals surface area contributed by atoms with Gasteiger partial charge < -0.3 is 20.9 Å². The first-order chi connectivity index (χ1) is 11.7. The molecule has 6 nitrogen and oxygen atoms in total. The van der Waals surface area contributed by atoms with Crippen molar-refractivity contribution in [2.75, 3.05) is 32.7 Å². The molecule has 0 unspecified atom stereocenters. The molecular weight excluding hydrogens is 302 g/mol. The van der Waals surface area contributed by atoms with Crippen LogP contribution in [0, 0.1) is 0 Å². The Morgan fingerprint density at radius 2 is 1.79 bits per heavy atom. The normalized spacial score (nSPS) is 20.0. The average Bonchev–Trinajstić information content (AvgIpc) is 3.37. The summed E-state index contributed by atoms with van der Waals surface area (Å²) in [6.45, 7) is 9.45. The van der Waals surface area contributed by atoms with Crippen LogP contribution in [0.4, 0.5) is 0 Å². The highest BCUT2D eigenvalue weighted by Crippen LogP contribution is 2.18. The molecule has 1 amide bonds. The predicted molar refractivity (Wildman–Crippen MR) is 99.3 cm³/mol. The van der Waals surface area contributed by atoms with Crippen molar-refractivity contribution in [3.63, 3.8) is 0 Å². The molecule has 2 rings (SSSR count).